The van der Waals surface area contributed by atoms with Crippen LogP contribution in [0.1, 0.15) is 25.1 Å². The average Bonchev–Trinajstić information content (AvgIpc) is 2.34. The standard InChI is InChI=1S/C6H12N4/c1-2-4(7)5-3-9-6(8)10-5/h3-4H,2,7H2,1H3,(H3,8,9,10). The van der Waals surface area contributed by atoms with Crippen LogP contribution < -0.4 is 11.5 Å². The Hall–Kier alpha value is -1.03. The number of aromatic amines is 1. The third-order valence-corrected chi connectivity index (χ3v) is 1.44. The number of nitrogens with two attached hydrogens (primary N) is 2. The molecule has 10 heavy (non-hydrogen) atoms. The highest BCUT2D eigenvalue weighted by Crippen LogP contribution is 2.10. The zero-order valence-corrected chi connectivity index (χ0v) is 5.96. The lowest BCUT2D eigenvalue weighted by atomic mass is 10.2. The Kier molecular flexibility index (Phi) is 1.91. The Morgan fingerprint density at radius 2 is 2.50 bits per heavy atom. The minimum Gasteiger partial charge on any atom is -0.369 e. The molecule has 0 saturated heterocycles. The van der Waals surface area contributed by atoms with Crippen molar-refractivity contribution in [3.05, 3.63) is 11.9 Å². The molecule has 4 heteroatoms. The number of nitrogen functional groups attached to an aromatic ring is 1. The molecule has 0 aliphatic rings. The van der Waals surface area contributed by atoms with Gasteiger partial charge in [0.25, 0.3) is 0 Å². The van der Waals surface area contributed by atoms with Crippen molar-refractivity contribution in [2.75, 3.05) is 5.73 Å². The normalized spacial score (nSPS) is 13.4. The second kappa shape index (κ2) is 2.70. The van der Waals surface area contributed by atoms with Crippen molar-refractivity contribution in [3.8, 4) is 0 Å². The molecule has 1 heterocycles. The highest BCUT2D eigenvalue weighted by molar-refractivity contribution is 5.20. The monoisotopic (exact) mass is 140 g/mol. The molecule has 56 valence electrons. The molecule has 1 rings (SSSR count). The summed E-state index contributed by atoms with van der Waals surface area (Å²) in [7, 11) is 0. The van der Waals surface area contributed by atoms with Gasteiger partial charge in [-0.25, -0.2) is 4.98 Å². The van der Waals surface area contributed by atoms with Gasteiger partial charge < -0.3 is 16.5 Å². The van der Waals surface area contributed by atoms with E-state index in [1.165, 1.54) is 0 Å². The van der Waals surface area contributed by atoms with Gasteiger partial charge in [-0.2, -0.15) is 0 Å². The van der Waals surface area contributed by atoms with E-state index >= 15 is 0 Å². The maximum absolute atomic E-state index is 5.67. The molecule has 0 bridgehead atoms. The van der Waals surface area contributed by atoms with Crippen LogP contribution in [0.15, 0.2) is 6.20 Å². The maximum Gasteiger partial charge on any atom is 0.197 e. The zero-order valence-electron chi connectivity index (χ0n) is 5.96. The summed E-state index contributed by atoms with van der Waals surface area (Å²) in [6, 6.07) is 0.00792. The minimum absolute atomic E-state index is 0.00792. The molecule has 0 aromatic carbocycles. The summed E-state index contributed by atoms with van der Waals surface area (Å²) in [6.45, 7) is 2.01. The van der Waals surface area contributed by atoms with Crippen molar-refractivity contribution >= 4 is 5.95 Å². The first-order valence-electron chi connectivity index (χ1n) is 3.30. The molecule has 5 N–H and O–H groups in total. The first-order chi connectivity index (χ1) is 4.74. The number of aromatic nitrogens is 2. The van der Waals surface area contributed by atoms with Crippen LogP contribution in [0.4, 0.5) is 5.95 Å². The van der Waals surface area contributed by atoms with E-state index < -0.39 is 0 Å². The van der Waals surface area contributed by atoms with Gasteiger partial charge >= 0.3 is 0 Å². The summed E-state index contributed by atoms with van der Waals surface area (Å²) in [5.41, 5.74) is 11.9. The highest BCUT2D eigenvalue weighted by Gasteiger charge is 2.05. The van der Waals surface area contributed by atoms with E-state index in [-0.39, 0.29) is 6.04 Å². The predicted octanol–water partition coefficient (Wildman–Crippen LogP) is 0.402. The SMILES string of the molecule is CCC(N)c1c[nH]c(N)n1. The molecule has 0 aliphatic heterocycles. The number of hydrogen-bond acceptors (Lipinski definition) is 3. The van der Waals surface area contributed by atoms with E-state index in [1.807, 2.05) is 6.92 Å². The highest BCUT2D eigenvalue weighted by atomic mass is 15.0. The zero-order chi connectivity index (χ0) is 7.56. The van der Waals surface area contributed by atoms with Gasteiger partial charge in [-0.3, -0.25) is 0 Å². The minimum atomic E-state index is 0.00792. The topological polar surface area (TPSA) is 80.7 Å². The average molecular weight is 140 g/mol. The molecule has 0 spiro atoms. The van der Waals surface area contributed by atoms with Gasteiger partial charge in [0.2, 0.25) is 0 Å². The fraction of sp³-hybridized carbons (Fsp3) is 0.500. The van der Waals surface area contributed by atoms with Crippen molar-refractivity contribution in [3.63, 3.8) is 0 Å². The van der Waals surface area contributed by atoms with E-state index in [4.69, 9.17) is 11.5 Å². The van der Waals surface area contributed by atoms with Gasteiger partial charge in [-0.05, 0) is 6.42 Å². The number of H-pyrrole nitrogens is 1. The van der Waals surface area contributed by atoms with E-state index in [2.05, 4.69) is 9.97 Å². The molecule has 1 unspecified atom stereocenters. The van der Waals surface area contributed by atoms with E-state index in [0.29, 0.717) is 5.95 Å². The van der Waals surface area contributed by atoms with Crippen LogP contribution in [0.5, 0.6) is 0 Å². The number of hydrogen-bond donors (Lipinski definition) is 3. The summed E-state index contributed by atoms with van der Waals surface area (Å²) >= 11 is 0. The molecule has 1 atom stereocenters. The van der Waals surface area contributed by atoms with Gasteiger partial charge in [0.05, 0.1) is 5.69 Å². The van der Waals surface area contributed by atoms with E-state index in [0.717, 1.165) is 12.1 Å². The number of nitrogens with one attached hydrogen (secondary N) is 1. The van der Waals surface area contributed by atoms with Crippen molar-refractivity contribution in [2.45, 2.75) is 19.4 Å². The summed E-state index contributed by atoms with van der Waals surface area (Å²) in [5, 5.41) is 0. The van der Waals surface area contributed by atoms with Gasteiger partial charge in [-0.1, -0.05) is 6.92 Å². The quantitative estimate of drug-likeness (QED) is 0.556. The summed E-state index contributed by atoms with van der Waals surface area (Å²) < 4.78 is 0. The van der Waals surface area contributed by atoms with Gasteiger partial charge in [0.1, 0.15) is 0 Å². The Morgan fingerprint density at radius 3 is 2.90 bits per heavy atom. The lowest BCUT2D eigenvalue weighted by molar-refractivity contribution is 0.680. The predicted molar refractivity (Wildman–Crippen MR) is 40.2 cm³/mol. The Labute approximate surface area is 59.6 Å². The molecular formula is C6H12N4. The fourth-order valence-corrected chi connectivity index (χ4v) is 0.751. The number of nitrogens with zero attached hydrogens (tertiary/aromatic N) is 1. The van der Waals surface area contributed by atoms with E-state index in [9.17, 15) is 0 Å². The summed E-state index contributed by atoms with van der Waals surface area (Å²) in [6.07, 6.45) is 2.62. The lowest BCUT2D eigenvalue weighted by Crippen LogP contribution is -2.08. The van der Waals surface area contributed by atoms with Gasteiger partial charge in [0, 0.05) is 12.2 Å². The summed E-state index contributed by atoms with van der Waals surface area (Å²) in [5.74, 6) is 0.430. The Bertz CT molecular complexity index is 205. The van der Waals surface area contributed by atoms with Crippen LogP contribution in [0.2, 0.25) is 0 Å². The van der Waals surface area contributed by atoms with Gasteiger partial charge in [0.15, 0.2) is 5.95 Å². The van der Waals surface area contributed by atoms with Crippen LogP contribution in [-0.4, -0.2) is 9.97 Å². The molecule has 4 nitrogen and oxygen atoms in total. The molecule has 0 amide bonds. The molecule has 0 aliphatic carbocycles. The smallest absolute Gasteiger partial charge is 0.197 e. The first-order valence-corrected chi connectivity index (χ1v) is 3.30. The van der Waals surface area contributed by atoms with Crippen LogP contribution in [0, 0.1) is 0 Å². The fourth-order valence-electron chi connectivity index (χ4n) is 0.751. The molecule has 0 radical (unpaired) electrons. The number of anilines is 1. The Balaban J connectivity index is 2.74. The molecule has 0 saturated carbocycles. The third kappa shape index (κ3) is 1.27. The molecule has 0 fully saturated rings. The second-order valence-electron chi connectivity index (χ2n) is 2.23. The van der Waals surface area contributed by atoms with Crippen molar-refractivity contribution in [1.82, 2.24) is 9.97 Å². The first kappa shape index (κ1) is 7.08. The van der Waals surface area contributed by atoms with Crippen LogP contribution in [-0.2, 0) is 0 Å². The van der Waals surface area contributed by atoms with E-state index in [1.54, 1.807) is 6.20 Å². The maximum atomic E-state index is 5.67. The van der Waals surface area contributed by atoms with Crippen LogP contribution in [0.25, 0.3) is 0 Å². The lowest BCUT2D eigenvalue weighted by Gasteiger charge is -2.01. The van der Waals surface area contributed by atoms with Crippen molar-refractivity contribution in [1.29, 1.82) is 0 Å². The Morgan fingerprint density at radius 1 is 1.80 bits per heavy atom. The summed E-state index contributed by atoms with van der Waals surface area (Å²) in [4.78, 5) is 6.75. The van der Waals surface area contributed by atoms with Crippen molar-refractivity contribution in [2.24, 2.45) is 5.73 Å². The van der Waals surface area contributed by atoms with Gasteiger partial charge in [-0.15, -0.1) is 0 Å². The third-order valence-electron chi connectivity index (χ3n) is 1.44. The largest absolute Gasteiger partial charge is 0.369 e. The number of imidazole rings is 1. The molecule has 1 aromatic rings. The van der Waals surface area contributed by atoms with Crippen molar-refractivity contribution < 1.29 is 0 Å². The van der Waals surface area contributed by atoms with Crippen LogP contribution >= 0.6 is 0 Å². The molecular weight excluding hydrogens is 128 g/mol. The second-order valence-corrected chi connectivity index (χ2v) is 2.23. The number of rotatable bonds is 2. The van der Waals surface area contributed by atoms with Crippen LogP contribution in [0.3, 0.4) is 0 Å². The molecule has 1 aromatic heterocycles.